The molecule has 0 rings (SSSR count). The SMILES string of the molecule is C#CCCOP(=O)(CCC=C)OCCC#C. The summed E-state index contributed by atoms with van der Waals surface area (Å²) in [6, 6.07) is 0. The first-order valence-corrected chi connectivity index (χ1v) is 6.77. The lowest BCUT2D eigenvalue weighted by Crippen LogP contribution is -2.02. The zero-order valence-electron chi connectivity index (χ0n) is 9.35. The lowest BCUT2D eigenvalue weighted by atomic mass is 10.5. The first-order chi connectivity index (χ1) is 7.68. The van der Waals surface area contributed by atoms with Crippen molar-refractivity contribution in [3.63, 3.8) is 0 Å². The Morgan fingerprint density at radius 2 is 1.69 bits per heavy atom. The van der Waals surface area contributed by atoms with Crippen molar-refractivity contribution in [3.05, 3.63) is 12.7 Å². The summed E-state index contributed by atoms with van der Waals surface area (Å²) in [5, 5.41) is 0. The van der Waals surface area contributed by atoms with E-state index in [0.29, 0.717) is 25.4 Å². The van der Waals surface area contributed by atoms with Gasteiger partial charge in [-0.05, 0) is 6.42 Å². The highest BCUT2D eigenvalue weighted by molar-refractivity contribution is 7.53. The highest BCUT2D eigenvalue weighted by Crippen LogP contribution is 2.48. The summed E-state index contributed by atoms with van der Waals surface area (Å²) in [5.74, 6) is 4.82. The molecule has 4 heteroatoms. The molecule has 0 saturated heterocycles. The summed E-state index contributed by atoms with van der Waals surface area (Å²) in [5.41, 5.74) is 0. The van der Waals surface area contributed by atoms with Crippen LogP contribution in [-0.2, 0) is 13.6 Å². The largest absolute Gasteiger partial charge is 0.331 e. The van der Waals surface area contributed by atoms with Crippen molar-refractivity contribution in [2.45, 2.75) is 19.3 Å². The van der Waals surface area contributed by atoms with Crippen LogP contribution in [0.3, 0.4) is 0 Å². The third-order valence-corrected chi connectivity index (χ3v) is 3.63. The number of hydrogen-bond donors (Lipinski definition) is 0. The average molecular weight is 240 g/mol. The van der Waals surface area contributed by atoms with E-state index in [9.17, 15) is 4.57 Å². The Morgan fingerprint density at radius 3 is 2.06 bits per heavy atom. The molecule has 0 fully saturated rings. The molecular formula is C12H17O3P. The second-order valence-electron chi connectivity index (χ2n) is 2.99. The van der Waals surface area contributed by atoms with E-state index in [-0.39, 0.29) is 13.2 Å². The monoisotopic (exact) mass is 240 g/mol. The number of allylic oxidation sites excluding steroid dienone is 1. The Labute approximate surface area is 97.8 Å². The van der Waals surface area contributed by atoms with Crippen molar-refractivity contribution in [2.24, 2.45) is 0 Å². The molecule has 88 valence electrons. The van der Waals surface area contributed by atoms with Crippen LogP contribution < -0.4 is 0 Å². The maximum Gasteiger partial charge on any atom is 0.331 e. The summed E-state index contributed by atoms with van der Waals surface area (Å²) in [4.78, 5) is 0. The van der Waals surface area contributed by atoms with Crippen molar-refractivity contribution < 1.29 is 13.6 Å². The van der Waals surface area contributed by atoms with Gasteiger partial charge in [0.25, 0.3) is 0 Å². The van der Waals surface area contributed by atoms with Crippen LogP contribution in [0, 0.1) is 24.7 Å². The van der Waals surface area contributed by atoms with Gasteiger partial charge in [-0.15, -0.1) is 31.3 Å². The van der Waals surface area contributed by atoms with E-state index in [4.69, 9.17) is 21.9 Å². The van der Waals surface area contributed by atoms with E-state index in [1.165, 1.54) is 0 Å². The summed E-state index contributed by atoms with van der Waals surface area (Å²) in [7, 11) is -3.06. The lowest BCUT2D eigenvalue weighted by Gasteiger charge is -2.16. The van der Waals surface area contributed by atoms with Crippen molar-refractivity contribution in [2.75, 3.05) is 19.4 Å². The lowest BCUT2D eigenvalue weighted by molar-refractivity contribution is 0.211. The molecule has 0 N–H and O–H groups in total. The molecule has 0 spiro atoms. The van der Waals surface area contributed by atoms with E-state index in [1.807, 2.05) is 0 Å². The van der Waals surface area contributed by atoms with Crippen LogP contribution in [-0.4, -0.2) is 19.4 Å². The highest BCUT2D eigenvalue weighted by Gasteiger charge is 2.22. The predicted octanol–water partition coefficient (Wildman–Crippen LogP) is 2.84. The molecule has 16 heavy (non-hydrogen) atoms. The Morgan fingerprint density at radius 1 is 1.19 bits per heavy atom. The van der Waals surface area contributed by atoms with Gasteiger partial charge in [0.1, 0.15) is 0 Å². The van der Waals surface area contributed by atoms with Crippen molar-refractivity contribution in [3.8, 4) is 24.7 Å². The molecule has 0 heterocycles. The van der Waals surface area contributed by atoms with Gasteiger partial charge in [0.05, 0.1) is 19.4 Å². The molecular weight excluding hydrogens is 223 g/mol. The Hall–Kier alpha value is -0.990. The van der Waals surface area contributed by atoms with Gasteiger partial charge in [-0.1, -0.05) is 6.08 Å². The number of hydrogen-bond acceptors (Lipinski definition) is 3. The normalized spacial score (nSPS) is 10.4. The Bertz CT molecular complexity index is 298. The minimum absolute atomic E-state index is 0.237. The van der Waals surface area contributed by atoms with Crippen molar-refractivity contribution >= 4 is 7.60 Å². The fourth-order valence-electron chi connectivity index (χ4n) is 0.903. The summed E-state index contributed by atoms with van der Waals surface area (Å²) >= 11 is 0. The molecule has 0 amide bonds. The van der Waals surface area contributed by atoms with E-state index in [1.54, 1.807) is 6.08 Å². The number of terminal acetylenes is 2. The van der Waals surface area contributed by atoms with Gasteiger partial charge in [-0.25, -0.2) is 0 Å². The fourth-order valence-corrected chi connectivity index (χ4v) is 2.47. The molecule has 0 atom stereocenters. The maximum atomic E-state index is 12.1. The van der Waals surface area contributed by atoms with Gasteiger partial charge < -0.3 is 9.05 Å². The quantitative estimate of drug-likeness (QED) is 0.269. The highest BCUT2D eigenvalue weighted by atomic mass is 31.2. The van der Waals surface area contributed by atoms with Crippen LogP contribution in [0.4, 0.5) is 0 Å². The van der Waals surface area contributed by atoms with Crippen molar-refractivity contribution in [1.82, 2.24) is 0 Å². The Kier molecular flexibility index (Phi) is 8.68. The zero-order valence-corrected chi connectivity index (χ0v) is 10.2. The van der Waals surface area contributed by atoms with Gasteiger partial charge in [0.15, 0.2) is 0 Å². The smallest absolute Gasteiger partial charge is 0.308 e. The van der Waals surface area contributed by atoms with Crippen LogP contribution in [0.1, 0.15) is 19.3 Å². The maximum absolute atomic E-state index is 12.1. The summed E-state index contributed by atoms with van der Waals surface area (Å²) in [6.45, 7) is 4.03. The van der Waals surface area contributed by atoms with E-state index in [2.05, 4.69) is 18.4 Å². The van der Waals surface area contributed by atoms with Crippen LogP contribution >= 0.6 is 7.60 Å². The van der Waals surface area contributed by atoms with Gasteiger partial charge in [-0.3, -0.25) is 4.57 Å². The predicted molar refractivity (Wildman–Crippen MR) is 66.1 cm³/mol. The van der Waals surface area contributed by atoms with Crippen LogP contribution in [0.5, 0.6) is 0 Å². The topological polar surface area (TPSA) is 35.5 Å². The molecule has 0 aliphatic heterocycles. The fraction of sp³-hybridized carbons (Fsp3) is 0.500. The molecule has 0 aliphatic carbocycles. The molecule has 0 aromatic rings. The van der Waals surface area contributed by atoms with E-state index < -0.39 is 7.60 Å². The molecule has 0 aromatic carbocycles. The van der Waals surface area contributed by atoms with E-state index in [0.717, 1.165) is 0 Å². The second kappa shape index (κ2) is 9.25. The molecule has 0 unspecified atom stereocenters. The van der Waals surface area contributed by atoms with Gasteiger partial charge >= 0.3 is 7.60 Å². The average Bonchev–Trinajstić information content (AvgIpc) is 2.27. The standard InChI is InChI=1S/C12H17O3P/c1-4-7-10-14-16(13,12-9-6-3)15-11-8-5-2/h1-2,6H,3,7-12H2. The van der Waals surface area contributed by atoms with Gasteiger partial charge in [0.2, 0.25) is 0 Å². The van der Waals surface area contributed by atoms with Crippen LogP contribution in [0.15, 0.2) is 12.7 Å². The van der Waals surface area contributed by atoms with Gasteiger partial charge in [0, 0.05) is 12.8 Å². The number of rotatable bonds is 9. The van der Waals surface area contributed by atoms with Crippen LogP contribution in [0.25, 0.3) is 0 Å². The van der Waals surface area contributed by atoms with Gasteiger partial charge in [-0.2, -0.15) is 0 Å². The second-order valence-corrected chi connectivity index (χ2v) is 5.17. The molecule has 0 aromatic heterocycles. The minimum Gasteiger partial charge on any atom is -0.308 e. The molecule has 3 nitrogen and oxygen atoms in total. The van der Waals surface area contributed by atoms with E-state index >= 15 is 0 Å². The van der Waals surface area contributed by atoms with Crippen LogP contribution in [0.2, 0.25) is 0 Å². The molecule has 0 bridgehead atoms. The first-order valence-electron chi connectivity index (χ1n) is 5.04. The molecule has 0 radical (unpaired) electrons. The summed E-state index contributed by atoms with van der Waals surface area (Å²) in [6.07, 6.45) is 13.5. The third-order valence-electron chi connectivity index (χ3n) is 1.68. The van der Waals surface area contributed by atoms with Crippen molar-refractivity contribution in [1.29, 1.82) is 0 Å². The molecule has 0 saturated carbocycles. The minimum atomic E-state index is -3.06. The Balaban J connectivity index is 4.14. The third kappa shape index (κ3) is 7.32. The zero-order chi connectivity index (χ0) is 12.3. The first kappa shape index (κ1) is 15.0. The molecule has 0 aliphatic rings. The summed E-state index contributed by atoms with van der Waals surface area (Å²) < 4.78 is 22.5.